The number of amides is 2. The lowest BCUT2D eigenvalue weighted by atomic mass is 10.1. The highest BCUT2D eigenvalue weighted by molar-refractivity contribution is 5.91. The SMILES string of the molecule is Cn1c(=O)c2c(ncn2CC(=O)Nc2ccc(CC(=O)N3CCCC3)cc2)n(C)c1=O. The number of nitrogens with zero attached hydrogens (tertiary/aromatic N) is 5. The fraction of sp³-hybridized carbons (Fsp3) is 0.381. The second-order valence-electron chi connectivity index (χ2n) is 7.76. The number of nitrogens with one attached hydrogen (secondary N) is 1. The number of aryl methyl sites for hydroxylation is 1. The maximum Gasteiger partial charge on any atom is 0.332 e. The highest BCUT2D eigenvalue weighted by atomic mass is 16.2. The Morgan fingerprint density at radius 2 is 1.71 bits per heavy atom. The summed E-state index contributed by atoms with van der Waals surface area (Å²) in [6.07, 6.45) is 3.84. The minimum absolute atomic E-state index is 0.122. The zero-order valence-electron chi connectivity index (χ0n) is 17.5. The number of aromatic nitrogens is 4. The normalized spacial score (nSPS) is 13.7. The number of carbonyl (C=O) groups is 2. The first-order valence-corrected chi connectivity index (χ1v) is 10.1. The van der Waals surface area contributed by atoms with Crippen molar-refractivity contribution in [3.8, 4) is 0 Å². The quantitative estimate of drug-likeness (QED) is 0.631. The van der Waals surface area contributed by atoms with Crippen molar-refractivity contribution in [2.24, 2.45) is 14.1 Å². The van der Waals surface area contributed by atoms with Crippen molar-refractivity contribution in [2.75, 3.05) is 18.4 Å². The van der Waals surface area contributed by atoms with Crippen molar-refractivity contribution >= 4 is 28.7 Å². The summed E-state index contributed by atoms with van der Waals surface area (Å²) < 4.78 is 3.68. The fourth-order valence-electron chi connectivity index (χ4n) is 3.83. The second-order valence-corrected chi connectivity index (χ2v) is 7.76. The molecule has 1 aliphatic heterocycles. The molecule has 2 aromatic heterocycles. The second kappa shape index (κ2) is 8.21. The van der Waals surface area contributed by atoms with Crippen molar-refractivity contribution < 1.29 is 9.59 Å². The van der Waals surface area contributed by atoms with E-state index in [1.165, 1.54) is 29.6 Å². The van der Waals surface area contributed by atoms with E-state index in [2.05, 4.69) is 10.3 Å². The lowest BCUT2D eigenvalue weighted by Crippen LogP contribution is -2.37. The largest absolute Gasteiger partial charge is 0.342 e. The molecule has 0 spiro atoms. The maximum atomic E-state index is 12.5. The summed E-state index contributed by atoms with van der Waals surface area (Å²) in [4.78, 5) is 55.2. The van der Waals surface area contributed by atoms with Crippen molar-refractivity contribution in [3.05, 3.63) is 57.0 Å². The zero-order valence-corrected chi connectivity index (χ0v) is 17.5. The number of imidazole rings is 1. The Kier molecular flexibility index (Phi) is 5.45. The van der Waals surface area contributed by atoms with Crippen molar-refractivity contribution in [1.29, 1.82) is 0 Å². The average molecular weight is 424 g/mol. The number of rotatable bonds is 5. The van der Waals surface area contributed by atoms with Crippen LogP contribution in [0.2, 0.25) is 0 Å². The Hall–Kier alpha value is -3.69. The van der Waals surface area contributed by atoms with Gasteiger partial charge in [-0.2, -0.15) is 0 Å². The first-order chi connectivity index (χ1) is 14.8. The number of anilines is 1. The molecule has 31 heavy (non-hydrogen) atoms. The van der Waals surface area contributed by atoms with Crippen LogP contribution in [0.1, 0.15) is 18.4 Å². The van der Waals surface area contributed by atoms with E-state index in [0.29, 0.717) is 12.1 Å². The van der Waals surface area contributed by atoms with Gasteiger partial charge in [-0.25, -0.2) is 9.78 Å². The third-order valence-corrected chi connectivity index (χ3v) is 5.58. The van der Waals surface area contributed by atoms with Crippen LogP contribution >= 0.6 is 0 Å². The predicted molar refractivity (Wildman–Crippen MR) is 115 cm³/mol. The third-order valence-electron chi connectivity index (χ3n) is 5.58. The summed E-state index contributed by atoms with van der Waals surface area (Å²) in [7, 11) is 2.91. The molecule has 1 aliphatic rings. The topological polar surface area (TPSA) is 111 Å². The summed E-state index contributed by atoms with van der Waals surface area (Å²) in [5.41, 5.74) is 0.918. The van der Waals surface area contributed by atoms with Gasteiger partial charge in [0, 0.05) is 32.9 Å². The smallest absolute Gasteiger partial charge is 0.332 e. The molecule has 1 N–H and O–H groups in total. The van der Waals surface area contributed by atoms with E-state index in [1.807, 2.05) is 17.0 Å². The van der Waals surface area contributed by atoms with E-state index < -0.39 is 11.2 Å². The molecule has 2 amide bonds. The minimum Gasteiger partial charge on any atom is -0.342 e. The number of hydrogen-bond acceptors (Lipinski definition) is 5. The molecular weight excluding hydrogens is 400 g/mol. The lowest BCUT2D eigenvalue weighted by Gasteiger charge is -2.15. The molecule has 0 radical (unpaired) electrons. The molecule has 10 heteroatoms. The fourth-order valence-corrected chi connectivity index (χ4v) is 3.83. The van der Waals surface area contributed by atoms with Gasteiger partial charge in [-0.15, -0.1) is 0 Å². The molecule has 3 heterocycles. The summed E-state index contributed by atoms with van der Waals surface area (Å²) in [6.45, 7) is 1.53. The summed E-state index contributed by atoms with van der Waals surface area (Å²) in [5, 5.41) is 2.78. The zero-order chi connectivity index (χ0) is 22.1. The Morgan fingerprint density at radius 1 is 1.03 bits per heavy atom. The van der Waals surface area contributed by atoms with Crippen LogP contribution in [-0.4, -0.2) is 48.5 Å². The van der Waals surface area contributed by atoms with Gasteiger partial charge in [0.2, 0.25) is 11.8 Å². The molecule has 3 aromatic rings. The molecule has 0 atom stereocenters. The van der Waals surface area contributed by atoms with Crippen LogP contribution < -0.4 is 16.6 Å². The van der Waals surface area contributed by atoms with Crippen molar-refractivity contribution in [3.63, 3.8) is 0 Å². The van der Waals surface area contributed by atoms with E-state index in [4.69, 9.17) is 0 Å². The van der Waals surface area contributed by atoms with Crippen LogP contribution in [0.3, 0.4) is 0 Å². The molecule has 162 valence electrons. The highest BCUT2D eigenvalue weighted by Gasteiger charge is 2.18. The summed E-state index contributed by atoms with van der Waals surface area (Å²) in [5.74, 6) is -0.214. The first kappa shape index (κ1) is 20.6. The van der Waals surface area contributed by atoms with Gasteiger partial charge >= 0.3 is 5.69 Å². The standard InChI is InChI=1S/C21H24N6O4/c1-24-19-18(20(30)25(2)21(24)31)27(13-22-19)12-16(28)23-15-7-5-14(6-8-15)11-17(29)26-9-3-4-10-26/h5-8,13H,3-4,9-12H2,1-2H3,(H,23,28). The van der Waals surface area contributed by atoms with Gasteiger partial charge in [0.05, 0.1) is 12.7 Å². The molecule has 10 nitrogen and oxygen atoms in total. The van der Waals surface area contributed by atoms with Crippen LogP contribution in [0.25, 0.3) is 11.2 Å². The van der Waals surface area contributed by atoms with Crippen LogP contribution in [0, 0.1) is 0 Å². The molecular formula is C21H24N6O4. The van der Waals surface area contributed by atoms with Crippen LogP contribution in [0.15, 0.2) is 40.2 Å². The van der Waals surface area contributed by atoms with Gasteiger partial charge in [0.1, 0.15) is 6.54 Å². The molecule has 1 saturated heterocycles. The third kappa shape index (κ3) is 4.00. The number of hydrogen-bond donors (Lipinski definition) is 1. The average Bonchev–Trinajstić information content (AvgIpc) is 3.42. The van der Waals surface area contributed by atoms with Gasteiger partial charge in [0.25, 0.3) is 5.56 Å². The molecule has 0 saturated carbocycles. The Bertz CT molecular complexity index is 1260. The van der Waals surface area contributed by atoms with Gasteiger partial charge in [-0.05, 0) is 30.5 Å². The van der Waals surface area contributed by atoms with Gasteiger partial charge < -0.3 is 14.8 Å². The van der Waals surface area contributed by atoms with Gasteiger partial charge in [-0.1, -0.05) is 12.1 Å². The Morgan fingerprint density at radius 3 is 2.39 bits per heavy atom. The van der Waals surface area contributed by atoms with Crippen molar-refractivity contribution in [2.45, 2.75) is 25.8 Å². The highest BCUT2D eigenvalue weighted by Crippen LogP contribution is 2.14. The molecule has 4 rings (SSSR count). The lowest BCUT2D eigenvalue weighted by molar-refractivity contribution is -0.129. The van der Waals surface area contributed by atoms with Gasteiger partial charge in [0.15, 0.2) is 11.2 Å². The van der Waals surface area contributed by atoms with Crippen molar-refractivity contribution in [1.82, 2.24) is 23.6 Å². The number of carbonyl (C=O) groups excluding carboxylic acids is 2. The van der Waals surface area contributed by atoms with E-state index >= 15 is 0 Å². The van der Waals surface area contributed by atoms with Crippen LogP contribution in [-0.2, 0) is 36.6 Å². The van der Waals surface area contributed by atoms with E-state index in [0.717, 1.165) is 36.1 Å². The molecule has 0 unspecified atom stereocenters. The number of likely N-dealkylation sites (tertiary alicyclic amines) is 1. The summed E-state index contributed by atoms with van der Waals surface area (Å²) >= 11 is 0. The first-order valence-electron chi connectivity index (χ1n) is 10.1. The molecule has 1 fully saturated rings. The minimum atomic E-state index is -0.504. The van der Waals surface area contributed by atoms with E-state index in [-0.39, 0.29) is 29.5 Å². The predicted octanol–water partition coefficient (Wildman–Crippen LogP) is 0.237. The molecule has 0 aliphatic carbocycles. The number of benzene rings is 1. The molecule has 1 aromatic carbocycles. The van der Waals surface area contributed by atoms with Crippen LogP contribution in [0.4, 0.5) is 5.69 Å². The Labute approximate surface area is 177 Å². The molecule has 0 bridgehead atoms. The Balaban J connectivity index is 1.44. The number of fused-ring (bicyclic) bond motifs is 1. The van der Waals surface area contributed by atoms with Crippen LogP contribution in [0.5, 0.6) is 0 Å². The van der Waals surface area contributed by atoms with E-state index in [9.17, 15) is 19.2 Å². The van der Waals surface area contributed by atoms with E-state index in [1.54, 1.807) is 12.1 Å². The monoisotopic (exact) mass is 424 g/mol. The summed E-state index contributed by atoms with van der Waals surface area (Å²) in [6, 6.07) is 7.14. The maximum absolute atomic E-state index is 12.5. The van der Waals surface area contributed by atoms with Gasteiger partial charge in [-0.3, -0.25) is 23.5 Å².